The summed E-state index contributed by atoms with van der Waals surface area (Å²) in [6, 6.07) is 0. The van der Waals surface area contributed by atoms with Crippen molar-refractivity contribution in [1.82, 2.24) is 4.90 Å². The molecule has 0 spiro atoms. The Morgan fingerprint density at radius 1 is 1.00 bits per heavy atom. The molecule has 0 radical (unpaired) electrons. The predicted molar refractivity (Wildman–Crippen MR) is 174 cm³/mol. The number of nitrogens with zero attached hydrogens (tertiary/aromatic N) is 1. The lowest BCUT2D eigenvalue weighted by molar-refractivity contribution is -0.164. The van der Waals surface area contributed by atoms with E-state index in [4.69, 9.17) is 4.74 Å². The van der Waals surface area contributed by atoms with E-state index in [-0.39, 0.29) is 17.5 Å². The minimum atomic E-state index is -0.467. The van der Waals surface area contributed by atoms with Gasteiger partial charge in [0.2, 0.25) is 0 Å². The molecule has 4 aliphatic rings. The molecule has 3 nitrogen and oxygen atoms in total. The van der Waals surface area contributed by atoms with Gasteiger partial charge in [0.05, 0.1) is 5.41 Å². The highest BCUT2D eigenvalue weighted by atomic mass is 16.5. The van der Waals surface area contributed by atoms with Crippen molar-refractivity contribution < 1.29 is 9.53 Å². The Balaban J connectivity index is 1.39. The molecule has 0 aromatic heterocycles. The Bertz CT molecular complexity index is 946. The summed E-state index contributed by atoms with van der Waals surface area (Å²) in [7, 11) is 4.23. The van der Waals surface area contributed by atoms with Crippen molar-refractivity contribution in [2.24, 2.45) is 57.2 Å². The number of esters is 1. The van der Waals surface area contributed by atoms with Crippen molar-refractivity contribution in [1.29, 1.82) is 0 Å². The van der Waals surface area contributed by atoms with Gasteiger partial charge in [-0.25, -0.2) is 0 Å². The second-order valence-electron chi connectivity index (χ2n) is 18.0. The largest absolute Gasteiger partial charge is 0.462 e. The van der Waals surface area contributed by atoms with Gasteiger partial charge < -0.3 is 9.64 Å². The van der Waals surface area contributed by atoms with Crippen LogP contribution >= 0.6 is 0 Å². The molecule has 0 saturated heterocycles. The van der Waals surface area contributed by atoms with Crippen molar-refractivity contribution in [2.75, 3.05) is 20.6 Å². The first-order valence-corrected chi connectivity index (χ1v) is 17.5. The number of fused-ring (bicyclic) bond motifs is 5. The number of carbonyl (C=O) groups is 1. The molecular weight excluding hydrogens is 502 g/mol. The summed E-state index contributed by atoms with van der Waals surface area (Å²) in [4.78, 5) is 15.7. The maximum absolute atomic E-state index is 13.5. The molecule has 0 amide bonds. The summed E-state index contributed by atoms with van der Waals surface area (Å²) in [5, 5.41) is 0. The molecule has 4 rings (SSSR count). The van der Waals surface area contributed by atoms with Gasteiger partial charge in [-0.15, -0.1) is 0 Å². The van der Waals surface area contributed by atoms with Crippen LogP contribution in [0.15, 0.2) is 11.6 Å². The average molecular weight is 570 g/mol. The van der Waals surface area contributed by atoms with Crippen molar-refractivity contribution in [3.63, 3.8) is 0 Å². The molecule has 0 N–H and O–H groups in total. The van der Waals surface area contributed by atoms with Gasteiger partial charge in [0.1, 0.15) is 6.10 Å². The van der Waals surface area contributed by atoms with Crippen LogP contribution in [0.2, 0.25) is 0 Å². The summed E-state index contributed by atoms with van der Waals surface area (Å²) >= 11 is 0. The number of hydrogen-bond donors (Lipinski definition) is 0. The van der Waals surface area contributed by atoms with Gasteiger partial charge in [-0.2, -0.15) is 0 Å². The Kier molecular flexibility index (Phi) is 9.91. The van der Waals surface area contributed by atoms with Gasteiger partial charge in [-0.1, -0.05) is 79.4 Å². The van der Waals surface area contributed by atoms with E-state index in [0.29, 0.717) is 10.8 Å². The van der Waals surface area contributed by atoms with Crippen LogP contribution in [0.5, 0.6) is 0 Å². The normalized spacial score (nSPS) is 36.4. The van der Waals surface area contributed by atoms with E-state index in [1.54, 1.807) is 5.57 Å². The maximum atomic E-state index is 13.5. The van der Waals surface area contributed by atoms with Crippen molar-refractivity contribution in [3.8, 4) is 0 Å². The van der Waals surface area contributed by atoms with Crippen LogP contribution in [0, 0.1) is 57.2 Å². The Morgan fingerprint density at radius 3 is 2.37 bits per heavy atom. The van der Waals surface area contributed by atoms with E-state index < -0.39 is 5.41 Å². The first kappa shape index (κ1) is 33.1. The van der Waals surface area contributed by atoms with Gasteiger partial charge in [-0.05, 0) is 131 Å². The van der Waals surface area contributed by atoms with Gasteiger partial charge in [0.15, 0.2) is 0 Å². The van der Waals surface area contributed by atoms with Crippen LogP contribution in [0.1, 0.15) is 139 Å². The molecule has 3 saturated carbocycles. The predicted octanol–water partition coefficient (Wildman–Crippen LogP) is 9.94. The van der Waals surface area contributed by atoms with Crippen LogP contribution < -0.4 is 0 Å². The molecule has 0 unspecified atom stereocenters. The van der Waals surface area contributed by atoms with Gasteiger partial charge in [-0.3, -0.25) is 4.79 Å². The second-order valence-corrected chi connectivity index (χ2v) is 18.0. The topological polar surface area (TPSA) is 29.5 Å². The lowest BCUT2D eigenvalue weighted by Crippen LogP contribution is -2.51. The number of carbonyl (C=O) groups excluding carboxylic acids is 1. The molecule has 4 aliphatic carbocycles. The zero-order chi connectivity index (χ0) is 30.4. The van der Waals surface area contributed by atoms with Crippen molar-refractivity contribution in [2.45, 2.75) is 145 Å². The third-order valence-electron chi connectivity index (χ3n) is 12.8. The van der Waals surface area contributed by atoms with E-state index in [2.05, 4.69) is 87.4 Å². The first-order valence-electron chi connectivity index (χ1n) is 17.5. The van der Waals surface area contributed by atoms with Crippen LogP contribution in [-0.4, -0.2) is 37.6 Å². The summed E-state index contributed by atoms with van der Waals surface area (Å²) in [5.41, 5.74) is 2.06. The number of rotatable bonds is 11. The second kappa shape index (κ2) is 12.3. The molecule has 0 aromatic carbocycles. The lowest BCUT2D eigenvalue weighted by atomic mass is 9.47. The summed E-state index contributed by atoms with van der Waals surface area (Å²) in [6.45, 7) is 22.3. The molecular formula is C38H67NO2. The smallest absolute Gasteiger partial charge is 0.311 e. The Labute approximate surface area is 255 Å². The zero-order valence-electron chi connectivity index (χ0n) is 29.1. The van der Waals surface area contributed by atoms with E-state index in [9.17, 15) is 4.79 Å². The lowest BCUT2D eigenvalue weighted by Gasteiger charge is -2.58. The molecule has 3 heteroatoms. The number of allylic oxidation sites excluding steroid dienone is 1. The van der Waals surface area contributed by atoms with E-state index in [0.717, 1.165) is 61.3 Å². The Hall–Kier alpha value is -0.830. The minimum absolute atomic E-state index is 0.000152. The molecule has 8 atom stereocenters. The standard InChI is InChI=1S/C38H67NO2/c1-26(2)13-12-14-27(3)31-17-18-32-30-16-15-28-23-29(19-21-37(28,8)33(30)20-22-38(31,32)9)41-34(40)36(6,7)24-35(4,5)25-39(10)11/h15,26-27,29-33H,12-14,16-25H2,1-11H3/t27-,29+,30+,31-,32+,33+,37+,38-/m1/s1. The molecule has 0 heterocycles. The van der Waals surface area contributed by atoms with E-state index >= 15 is 0 Å². The molecule has 0 aliphatic heterocycles. The summed E-state index contributed by atoms with van der Waals surface area (Å²) in [6.07, 6.45) is 17.9. The number of hydrogen-bond acceptors (Lipinski definition) is 3. The van der Waals surface area contributed by atoms with E-state index in [1.165, 1.54) is 57.8 Å². The third-order valence-corrected chi connectivity index (χ3v) is 12.8. The maximum Gasteiger partial charge on any atom is 0.311 e. The number of ether oxygens (including phenoxy) is 1. The van der Waals surface area contributed by atoms with E-state index in [1.807, 2.05) is 0 Å². The fourth-order valence-electron chi connectivity index (χ4n) is 11.2. The fraction of sp³-hybridized carbons (Fsp3) is 0.921. The zero-order valence-corrected chi connectivity index (χ0v) is 29.1. The van der Waals surface area contributed by atoms with Gasteiger partial charge in [0.25, 0.3) is 0 Å². The monoisotopic (exact) mass is 570 g/mol. The summed E-state index contributed by atoms with van der Waals surface area (Å²) < 4.78 is 6.32. The van der Waals surface area contributed by atoms with Crippen molar-refractivity contribution in [3.05, 3.63) is 11.6 Å². The van der Waals surface area contributed by atoms with Crippen LogP contribution in [0.25, 0.3) is 0 Å². The molecule has 0 aromatic rings. The van der Waals surface area contributed by atoms with Gasteiger partial charge >= 0.3 is 5.97 Å². The first-order chi connectivity index (χ1) is 19.0. The van der Waals surface area contributed by atoms with Crippen molar-refractivity contribution >= 4 is 5.97 Å². The Morgan fingerprint density at radius 2 is 1.71 bits per heavy atom. The fourth-order valence-corrected chi connectivity index (χ4v) is 11.2. The molecule has 3 fully saturated rings. The SMILES string of the molecule is CC(C)CCC[C@@H](C)[C@H]1CC[C@H]2[C@@H]3CC=C4C[C@@H](OC(=O)C(C)(C)CC(C)(C)CN(C)C)CC[C@]4(C)[C@H]3CC[C@]12C. The highest BCUT2D eigenvalue weighted by Crippen LogP contribution is 2.67. The third kappa shape index (κ3) is 6.96. The molecule has 236 valence electrons. The van der Waals surface area contributed by atoms with Crippen LogP contribution in [0.4, 0.5) is 0 Å². The average Bonchev–Trinajstić information content (AvgIpc) is 3.19. The molecule has 41 heavy (non-hydrogen) atoms. The minimum Gasteiger partial charge on any atom is -0.462 e. The van der Waals surface area contributed by atoms with Crippen LogP contribution in [0.3, 0.4) is 0 Å². The molecule has 0 bridgehead atoms. The highest BCUT2D eigenvalue weighted by Gasteiger charge is 2.59. The van der Waals surface area contributed by atoms with Gasteiger partial charge in [0, 0.05) is 13.0 Å². The highest BCUT2D eigenvalue weighted by molar-refractivity contribution is 5.76. The van der Waals surface area contributed by atoms with Crippen LogP contribution in [-0.2, 0) is 9.53 Å². The quantitative estimate of drug-likeness (QED) is 0.183. The summed E-state index contributed by atoms with van der Waals surface area (Å²) in [5.74, 6) is 5.19.